The summed E-state index contributed by atoms with van der Waals surface area (Å²) in [5.74, 6) is -1.88. The van der Waals surface area contributed by atoms with E-state index in [-0.39, 0.29) is 78.1 Å². The lowest BCUT2D eigenvalue weighted by Gasteiger charge is -1.92. The summed E-state index contributed by atoms with van der Waals surface area (Å²) >= 11 is 10.5. The van der Waals surface area contributed by atoms with Gasteiger partial charge < -0.3 is 64.0 Å². The van der Waals surface area contributed by atoms with Crippen LogP contribution in [0.15, 0.2) is 47.3 Å². The van der Waals surface area contributed by atoms with Crippen LogP contribution >= 0.6 is 23.2 Å². The zero-order chi connectivity index (χ0) is 43.7. The molecule has 0 saturated heterocycles. The minimum Gasteiger partial charge on any atom is -0.410 e. The summed E-state index contributed by atoms with van der Waals surface area (Å²) in [7, 11) is 0. The molecular weight excluding hydrogens is 879 g/mol. The van der Waals surface area contributed by atoms with E-state index in [4.69, 9.17) is 56.6 Å². The third-order valence-corrected chi connectivity index (χ3v) is 6.54. The van der Waals surface area contributed by atoms with Gasteiger partial charge in [-0.1, -0.05) is 33.5 Å². The van der Waals surface area contributed by atoms with Gasteiger partial charge in [0.2, 0.25) is 44.9 Å². The van der Waals surface area contributed by atoms with Gasteiger partial charge >= 0.3 is 11.6 Å². The molecule has 0 aliphatic rings. The van der Waals surface area contributed by atoms with E-state index in [9.17, 15) is 30.6 Å². The molecule has 0 unspecified atom stereocenters. The zero-order valence-electron chi connectivity index (χ0n) is 27.6. The predicted molar refractivity (Wildman–Crippen MR) is 172 cm³/mol. The van der Waals surface area contributed by atoms with Crippen molar-refractivity contribution in [3.63, 3.8) is 0 Å². The number of nitrogens with zero attached hydrogens (tertiary/aromatic N) is 20. The van der Waals surface area contributed by atoms with Crippen LogP contribution in [0.1, 0.15) is 11.4 Å². The quantitative estimate of drug-likeness (QED) is 0.0311. The van der Waals surface area contributed by atoms with E-state index < -0.39 is 43.7 Å². The van der Waals surface area contributed by atoms with E-state index >= 15 is 0 Å². The Morgan fingerprint density at radius 2 is 0.867 bits per heavy atom. The van der Waals surface area contributed by atoms with Crippen LogP contribution in [-0.4, -0.2) is 103 Å². The highest BCUT2D eigenvalue weighted by Gasteiger charge is 2.38. The molecule has 0 atom stereocenters. The fourth-order valence-electron chi connectivity index (χ4n) is 3.60. The Bertz CT molecular complexity index is 2790. The fraction of sp³-hybridized carbons (Fsp3) is 0. The van der Waals surface area contributed by atoms with Crippen LogP contribution in [0.2, 0.25) is 0 Å². The zero-order valence-corrected chi connectivity index (χ0v) is 29.1. The molecule has 0 saturated carbocycles. The smallest absolute Gasteiger partial charge is 0.410 e. The number of hydrogen-bond acceptors (Lipinski definition) is 36. The highest BCUT2D eigenvalue weighted by molar-refractivity contribution is 6.70. The van der Waals surface area contributed by atoms with Crippen molar-refractivity contribution in [2.75, 3.05) is 22.9 Å². The maximum atomic E-state index is 11.6. The molecule has 8 rings (SSSR count). The minimum atomic E-state index is -0.896. The SMILES string of the molecule is Nc1nonc1-c1no[n+]([O-])c1-c1nonc1N.Nc1nonc1-c1no[n+]([O-])c1-c1nonc1[N+](=O)[O-].Nc1nonc1/C(Cl)=N\O.O=[N+]([O-])c1nonc1/C(Cl)=N\O. The Morgan fingerprint density at radius 3 is 1.30 bits per heavy atom. The molecule has 0 radical (unpaired) electrons. The van der Waals surface area contributed by atoms with E-state index in [0.717, 1.165) is 0 Å². The molecular formula is C18H10Cl2N24O16. The van der Waals surface area contributed by atoms with Crippen LogP contribution in [0.4, 0.5) is 34.9 Å². The van der Waals surface area contributed by atoms with Gasteiger partial charge in [-0.3, -0.25) is 9.26 Å². The van der Waals surface area contributed by atoms with Crippen molar-refractivity contribution in [1.82, 2.24) is 72.2 Å². The van der Waals surface area contributed by atoms with Crippen LogP contribution in [0.3, 0.4) is 0 Å². The van der Waals surface area contributed by atoms with Crippen molar-refractivity contribution in [1.29, 1.82) is 0 Å². The molecule has 0 aliphatic carbocycles. The van der Waals surface area contributed by atoms with Gasteiger partial charge in [-0.2, -0.15) is 0 Å². The number of rotatable bonds is 8. The number of nitrogens with two attached hydrogens (primary N) is 4. The second-order valence-electron chi connectivity index (χ2n) is 9.42. The highest BCUT2D eigenvalue weighted by Crippen LogP contribution is 2.33. The average Bonchev–Trinajstić information content (AvgIpc) is 4.06. The maximum Gasteiger partial charge on any atom is 0.446 e. The Hall–Kier alpha value is -9.76. The van der Waals surface area contributed by atoms with Crippen molar-refractivity contribution in [3.8, 4) is 45.6 Å². The van der Waals surface area contributed by atoms with Crippen molar-refractivity contribution in [2.24, 2.45) is 10.3 Å². The van der Waals surface area contributed by atoms with Crippen LogP contribution in [0.5, 0.6) is 0 Å². The minimum absolute atomic E-state index is 0.0113. The summed E-state index contributed by atoms with van der Waals surface area (Å²) in [5.41, 5.74) is 19.6. The first kappa shape index (κ1) is 41.4. The van der Waals surface area contributed by atoms with Crippen LogP contribution in [0.25, 0.3) is 45.6 Å². The molecule has 60 heavy (non-hydrogen) atoms. The normalized spacial score (nSPS) is 11.2. The molecule has 0 aromatic carbocycles. The summed E-state index contributed by atoms with van der Waals surface area (Å²) in [5, 5.41) is 111. The number of halogens is 2. The molecule has 0 spiro atoms. The second kappa shape index (κ2) is 17.8. The largest absolute Gasteiger partial charge is 0.446 e. The van der Waals surface area contributed by atoms with Crippen molar-refractivity contribution in [3.05, 3.63) is 42.0 Å². The summed E-state index contributed by atoms with van der Waals surface area (Å²) in [6.45, 7) is 0. The van der Waals surface area contributed by atoms with E-state index in [1.54, 1.807) is 0 Å². The average molecular weight is 889 g/mol. The van der Waals surface area contributed by atoms with Crippen molar-refractivity contribution < 1.29 is 67.1 Å². The topological polar surface area (TPSA) is 595 Å². The predicted octanol–water partition coefficient (Wildman–Crippen LogP) is -2.15. The lowest BCUT2D eigenvalue weighted by atomic mass is 10.2. The van der Waals surface area contributed by atoms with Gasteiger partial charge in [0.05, 0.1) is 0 Å². The Kier molecular flexibility index (Phi) is 12.3. The Morgan fingerprint density at radius 1 is 0.500 bits per heavy atom. The number of nitro groups is 2. The van der Waals surface area contributed by atoms with Crippen molar-refractivity contribution in [2.45, 2.75) is 0 Å². The van der Waals surface area contributed by atoms with Crippen LogP contribution < -0.4 is 32.7 Å². The standard InChI is InChI=1S/C6H2N8O6.C6H4N8O4.C3HClN4O4.C3H3ClN4O2/c7-5-2(8-18-11-5)1-4(14(17)20-10-1)3-6(13(15)16)12-19-9-3;7-5-2(9-16-12-5)1-4(14(15)18-11-1)3-6(8)13-17-10-3;4-2(5-9)1-3(8(10)11)7-12-6-1;4-2(6-9)1-3(5)8-10-7-1/h(H2,7,11);(H2,7,12)(H2,8,13);9H;9H,(H2,5,8)/b;;5-2+;6-2+. The Labute approximate surface area is 328 Å². The highest BCUT2D eigenvalue weighted by atomic mass is 35.5. The van der Waals surface area contributed by atoms with Gasteiger partial charge in [0.1, 0.15) is 0 Å². The van der Waals surface area contributed by atoms with Gasteiger partial charge in [-0.25, -0.2) is 18.5 Å². The first-order valence-corrected chi connectivity index (χ1v) is 14.7. The summed E-state index contributed by atoms with van der Waals surface area (Å²) in [6.07, 6.45) is 0. The first-order valence-electron chi connectivity index (χ1n) is 13.9. The van der Waals surface area contributed by atoms with E-state index in [0.29, 0.717) is 0 Å². The molecule has 0 aliphatic heterocycles. The molecule has 10 N–H and O–H groups in total. The monoisotopic (exact) mass is 888 g/mol. The van der Waals surface area contributed by atoms with Crippen LogP contribution in [0, 0.1) is 30.6 Å². The van der Waals surface area contributed by atoms with Gasteiger partial charge in [-0.15, -0.1) is 9.26 Å². The van der Waals surface area contributed by atoms with Gasteiger partial charge in [-0.05, 0) is 71.2 Å². The van der Waals surface area contributed by atoms with E-state index in [1.807, 2.05) is 0 Å². The molecule has 312 valence electrons. The second-order valence-corrected chi connectivity index (χ2v) is 10.1. The molecule has 40 nitrogen and oxygen atoms in total. The maximum absolute atomic E-state index is 11.6. The summed E-state index contributed by atoms with van der Waals surface area (Å²) in [6, 6.07) is 0. The third kappa shape index (κ3) is 8.55. The number of anilines is 4. The van der Waals surface area contributed by atoms with E-state index in [1.165, 1.54) is 0 Å². The number of nitrogen functional groups attached to an aromatic ring is 4. The lowest BCUT2D eigenvalue weighted by Crippen LogP contribution is -2.25. The molecule has 8 heterocycles. The van der Waals surface area contributed by atoms with Gasteiger partial charge in [0.15, 0.2) is 21.8 Å². The number of hydrogen-bond donors (Lipinski definition) is 6. The number of aromatic nitrogens is 16. The van der Waals surface area contributed by atoms with Crippen LogP contribution in [-0.2, 0) is 0 Å². The Balaban J connectivity index is 0.000000157. The molecule has 0 bridgehead atoms. The third-order valence-electron chi connectivity index (χ3n) is 6.03. The molecule has 0 fully saturated rings. The van der Waals surface area contributed by atoms with Gasteiger partial charge in [0, 0.05) is 10.3 Å². The summed E-state index contributed by atoms with van der Waals surface area (Å²) in [4.78, 5) is 19.1. The molecule has 0 amide bonds. The molecule has 8 aromatic heterocycles. The first-order chi connectivity index (χ1) is 28.7. The number of oxime groups is 2. The fourth-order valence-corrected chi connectivity index (χ4v) is 3.85. The lowest BCUT2D eigenvalue weighted by molar-refractivity contribution is -0.793. The van der Waals surface area contributed by atoms with Gasteiger partial charge in [0.25, 0.3) is 34.2 Å². The summed E-state index contributed by atoms with van der Waals surface area (Å²) < 4.78 is 34.3. The van der Waals surface area contributed by atoms with Crippen molar-refractivity contribution >= 4 is 68.5 Å². The molecule has 8 aromatic rings. The van der Waals surface area contributed by atoms with E-state index in [2.05, 4.69) is 120 Å². The molecule has 42 heteroatoms.